The summed E-state index contributed by atoms with van der Waals surface area (Å²) in [4.78, 5) is 2.53. The van der Waals surface area contributed by atoms with Crippen LogP contribution < -0.4 is 0 Å². The highest BCUT2D eigenvalue weighted by molar-refractivity contribution is 5.04. The van der Waals surface area contributed by atoms with Gasteiger partial charge in [0.05, 0.1) is 25.5 Å². The lowest BCUT2D eigenvalue weighted by Crippen LogP contribution is -2.40. The zero-order valence-corrected chi connectivity index (χ0v) is 12.5. The van der Waals surface area contributed by atoms with Crippen molar-refractivity contribution in [2.45, 2.75) is 31.9 Å². The number of rotatable bonds is 4. The van der Waals surface area contributed by atoms with Gasteiger partial charge in [0.2, 0.25) is 0 Å². The van der Waals surface area contributed by atoms with Gasteiger partial charge in [-0.05, 0) is 37.8 Å². The number of hydrogen-bond donors (Lipinski definition) is 0. The van der Waals surface area contributed by atoms with Crippen LogP contribution in [0, 0.1) is 5.41 Å². The summed E-state index contributed by atoms with van der Waals surface area (Å²) >= 11 is 0. The molecule has 1 atom stereocenters. The molecule has 2 saturated heterocycles. The molecule has 20 heavy (non-hydrogen) atoms. The summed E-state index contributed by atoms with van der Waals surface area (Å²) in [5, 5.41) is 4.24. The van der Waals surface area contributed by atoms with Gasteiger partial charge in [-0.1, -0.05) is 0 Å². The van der Waals surface area contributed by atoms with E-state index in [1.807, 2.05) is 17.9 Å². The molecule has 0 saturated carbocycles. The zero-order chi connectivity index (χ0) is 14.0. The van der Waals surface area contributed by atoms with Crippen molar-refractivity contribution >= 4 is 0 Å². The number of aryl methyl sites for hydroxylation is 1. The minimum Gasteiger partial charge on any atom is -0.382 e. The third-order valence-electron chi connectivity index (χ3n) is 4.72. The number of nitrogens with zero attached hydrogens (tertiary/aromatic N) is 3. The Hall–Kier alpha value is -0.910. The van der Waals surface area contributed by atoms with E-state index < -0.39 is 0 Å². The third kappa shape index (κ3) is 3.05. The van der Waals surface area contributed by atoms with Crippen LogP contribution in [0.25, 0.3) is 0 Å². The molecule has 0 amide bonds. The van der Waals surface area contributed by atoms with E-state index in [-0.39, 0.29) is 0 Å². The monoisotopic (exact) mass is 279 g/mol. The normalized spacial score (nSPS) is 26.4. The number of aromatic nitrogens is 2. The van der Waals surface area contributed by atoms with Crippen LogP contribution >= 0.6 is 0 Å². The molecule has 0 aromatic carbocycles. The van der Waals surface area contributed by atoms with E-state index in [1.54, 1.807) is 7.11 Å². The van der Waals surface area contributed by atoms with Crippen LogP contribution in [-0.2, 0) is 23.1 Å². The van der Waals surface area contributed by atoms with Gasteiger partial charge < -0.3 is 9.47 Å². The van der Waals surface area contributed by atoms with Crippen LogP contribution in [0.4, 0.5) is 0 Å². The van der Waals surface area contributed by atoms with Crippen LogP contribution in [0.5, 0.6) is 0 Å². The molecule has 0 unspecified atom stereocenters. The Morgan fingerprint density at radius 1 is 1.45 bits per heavy atom. The zero-order valence-electron chi connectivity index (χ0n) is 12.5. The van der Waals surface area contributed by atoms with Gasteiger partial charge in [-0.3, -0.25) is 9.58 Å². The van der Waals surface area contributed by atoms with Crippen molar-refractivity contribution in [3.8, 4) is 0 Å². The van der Waals surface area contributed by atoms with Gasteiger partial charge in [0, 0.05) is 32.5 Å². The Balaban J connectivity index is 1.50. The molecular formula is C15H25N3O2. The first-order chi connectivity index (χ1) is 9.69. The highest BCUT2D eigenvalue weighted by atomic mass is 16.5. The molecule has 0 aliphatic carbocycles. The summed E-state index contributed by atoms with van der Waals surface area (Å²) < 4.78 is 13.0. The first-order valence-corrected chi connectivity index (χ1v) is 7.50. The minimum absolute atomic E-state index is 0.310. The van der Waals surface area contributed by atoms with E-state index in [0.29, 0.717) is 11.5 Å². The van der Waals surface area contributed by atoms with Crippen molar-refractivity contribution < 1.29 is 9.47 Å². The first-order valence-electron chi connectivity index (χ1n) is 7.50. The molecule has 0 bridgehead atoms. The topological polar surface area (TPSA) is 39.5 Å². The predicted octanol–water partition coefficient (Wildman–Crippen LogP) is 1.44. The minimum atomic E-state index is 0.310. The van der Waals surface area contributed by atoms with Gasteiger partial charge in [0.1, 0.15) is 0 Å². The largest absolute Gasteiger partial charge is 0.382 e. The highest BCUT2D eigenvalue weighted by Gasteiger charge is 2.42. The molecule has 5 nitrogen and oxygen atoms in total. The van der Waals surface area contributed by atoms with E-state index in [0.717, 1.165) is 32.8 Å². The summed E-state index contributed by atoms with van der Waals surface area (Å²) in [5.74, 6) is 0. The van der Waals surface area contributed by atoms with Gasteiger partial charge in [-0.2, -0.15) is 5.10 Å². The summed E-state index contributed by atoms with van der Waals surface area (Å²) in [5.41, 5.74) is 1.72. The number of hydrogen-bond acceptors (Lipinski definition) is 4. The van der Waals surface area contributed by atoms with Gasteiger partial charge in [-0.15, -0.1) is 0 Å². The summed E-state index contributed by atoms with van der Waals surface area (Å²) in [6, 6.07) is 0. The maximum atomic E-state index is 5.89. The molecule has 0 radical (unpaired) electrons. The molecule has 2 aliphatic heterocycles. The Morgan fingerprint density at radius 2 is 2.25 bits per heavy atom. The van der Waals surface area contributed by atoms with Crippen molar-refractivity contribution in [1.29, 1.82) is 0 Å². The lowest BCUT2D eigenvalue weighted by Gasteiger charge is -2.38. The Bertz CT molecular complexity index is 438. The molecule has 0 N–H and O–H groups in total. The van der Waals surface area contributed by atoms with Crippen LogP contribution in [0.1, 0.15) is 24.8 Å². The van der Waals surface area contributed by atoms with Crippen LogP contribution in [0.15, 0.2) is 12.4 Å². The van der Waals surface area contributed by atoms with Crippen molar-refractivity contribution in [2.24, 2.45) is 12.5 Å². The van der Waals surface area contributed by atoms with Gasteiger partial charge in [0.25, 0.3) is 0 Å². The maximum absolute atomic E-state index is 5.89. The molecular weight excluding hydrogens is 254 g/mol. The summed E-state index contributed by atoms with van der Waals surface area (Å²) in [7, 11) is 3.73. The molecule has 1 spiro atoms. The fourth-order valence-electron chi connectivity index (χ4n) is 3.53. The molecule has 2 aliphatic rings. The van der Waals surface area contributed by atoms with Gasteiger partial charge >= 0.3 is 0 Å². The fraction of sp³-hybridized carbons (Fsp3) is 0.800. The predicted molar refractivity (Wildman–Crippen MR) is 76.4 cm³/mol. The number of piperidine rings is 1. The first kappa shape index (κ1) is 14.0. The average Bonchev–Trinajstić information content (AvgIpc) is 3.01. The lowest BCUT2D eigenvalue weighted by atomic mass is 9.76. The van der Waals surface area contributed by atoms with E-state index in [1.165, 1.54) is 24.8 Å². The van der Waals surface area contributed by atoms with Crippen molar-refractivity contribution in [1.82, 2.24) is 14.7 Å². The third-order valence-corrected chi connectivity index (χ3v) is 4.72. The smallest absolute Gasteiger partial charge is 0.0814 e. The second-order valence-electron chi connectivity index (χ2n) is 6.39. The summed E-state index contributed by atoms with van der Waals surface area (Å²) in [6.07, 6.45) is 8.04. The lowest BCUT2D eigenvalue weighted by molar-refractivity contribution is 0.0284. The van der Waals surface area contributed by atoms with Crippen molar-refractivity contribution in [2.75, 3.05) is 33.4 Å². The molecule has 1 aromatic rings. The number of methoxy groups -OCH3 is 1. The second kappa shape index (κ2) is 5.84. The Labute approximate surface area is 120 Å². The van der Waals surface area contributed by atoms with Crippen LogP contribution in [0.3, 0.4) is 0 Å². The van der Waals surface area contributed by atoms with E-state index in [9.17, 15) is 0 Å². The second-order valence-corrected chi connectivity index (χ2v) is 6.39. The van der Waals surface area contributed by atoms with Gasteiger partial charge in [0.15, 0.2) is 0 Å². The van der Waals surface area contributed by atoms with E-state index in [4.69, 9.17) is 9.47 Å². The molecule has 1 aromatic heterocycles. The molecule has 5 heteroatoms. The quantitative estimate of drug-likeness (QED) is 0.836. The average molecular weight is 279 g/mol. The highest BCUT2D eigenvalue weighted by Crippen LogP contribution is 2.42. The SMILES string of the molecule is COC[C@H]1CC2(CCN(Cc3cnn(C)c3)CC2)CO1. The molecule has 112 valence electrons. The summed E-state index contributed by atoms with van der Waals surface area (Å²) in [6.45, 7) is 5.01. The van der Waals surface area contributed by atoms with E-state index >= 15 is 0 Å². The van der Waals surface area contributed by atoms with Gasteiger partial charge in [-0.25, -0.2) is 0 Å². The fourth-order valence-corrected chi connectivity index (χ4v) is 3.53. The molecule has 2 fully saturated rings. The standard InChI is InChI=1S/C15H25N3O2/c1-17-9-13(8-16-17)10-18-5-3-15(4-6-18)7-14(11-19-2)20-12-15/h8-9,14H,3-7,10-12H2,1-2H3/t14-/m1/s1. The number of ether oxygens (including phenoxy) is 2. The van der Waals surface area contributed by atoms with E-state index in [2.05, 4.69) is 16.2 Å². The molecule has 3 rings (SSSR count). The van der Waals surface area contributed by atoms with Crippen molar-refractivity contribution in [3.63, 3.8) is 0 Å². The molecule has 3 heterocycles. The van der Waals surface area contributed by atoms with Crippen LogP contribution in [-0.4, -0.2) is 54.2 Å². The Morgan fingerprint density at radius 3 is 2.90 bits per heavy atom. The number of likely N-dealkylation sites (tertiary alicyclic amines) is 1. The van der Waals surface area contributed by atoms with Crippen molar-refractivity contribution in [3.05, 3.63) is 18.0 Å². The Kier molecular flexibility index (Phi) is 4.10. The maximum Gasteiger partial charge on any atom is 0.0814 e. The van der Waals surface area contributed by atoms with Crippen LogP contribution in [0.2, 0.25) is 0 Å².